The van der Waals surface area contributed by atoms with E-state index in [2.05, 4.69) is 17.6 Å². The Hall–Kier alpha value is -1.06. The van der Waals surface area contributed by atoms with Crippen molar-refractivity contribution in [3.8, 4) is 0 Å². The number of carbonyl (C=O) groups is 2. The number of amides is 3. The van der Waals surface area contributed by atoms with E-state index in [1.165, 1.54) is 12.8 Å². The van der Waals surface area contributed by atoms with E-state index >= 15 is 0 Å². The molecule has 0 spiro atoms. The van der Waals surface area contributed by atoms with Crippen molar-refractivity contribution >= 4 is 11.9 Å². The summed E-state index contributed by atoms with van der Waals surface area (Å²) in [6.45, 7) is 2.05. The highest BCUT2D eigenvalue weighted by Crippen LogP contribution is 2.38. The van der Waals surface area contributed by atoms with Gasteiger partial charge in [-0.25, -0.2) is 4.79 Å². The van der Waals surface area contributed by atoms with Crippen molar-refractivity contribution in [1.82, 2.24) is 10.6 Å². The molecule has 0 radical (unpaired) electrons. The van der Waals surface area contributed by atoms with Gasteiger partial charge in [0.05, 0.1) is 0 Å². The molecule has 4 heteroatoms. The molecule has 84 valence electrons. The topological polar surface area (TPSA) is 58.2 Å². The van der Waals surface area contributed by atoms with Crippen LogP contribution in [-0.2, 0) is 4.79 Å². The highest BCUT2D eigenvalue weighted by Gasteiger charge is 2.51. The Morgan fingerprint density at radius 3 is 2.47 bits per heavy atom. The Morgan fingerprint density at radius 1 is 1.33 bits per heavy atom. The van der Waals surface area contributed by atoms with Crippen LogP contribution in [0.4, 0.5) is 4.79 Å². The fourth-order valence-electron chi connectivity index (χ4n) is 2.99. The van der Waals surface area contributed by atoms with Gasteiger partial charge in [-0.05, 0) is 25.2 Å². The maximum absolute atomic E-state index is 11.9. The van der Waals surface area contributed by atoms with Crippen LogP contribution < -0.4 is 10.6 Å². The van der Waals surface area contributed by atoms with Crippen molar-refractivity contribution in [2.45, 2.75) is 51.0 Å². The van der Waals surface area contributed by atoms with E-state index in [0.717, 1.165) is 25.7 Å². The molecule has 0 aromatic rings. The molecular weight excluding hydrogens is 192 g/mol. The molecule has 0 bridgehead atoms. The Kier molecular flexibility index (Phi) is 2.67. The molecular formula is C11H18N2O2. The number of imide groups is 1. The summed E-state index contributed by atoms with van der Waals surface area (Å²) in [5.41, 5.74) is -0.595. The van der Waals surface area contributed by atoms with E-state index < -0.39 is 5.54 Å². The van der Waals surface area contributed by atoms with Crippen LogP contribution in [0.2, 0.25) is 0 Å². The molecule has 2 fully saturated rings. The summed E-state index contributed by atoms with van der Waals surface area (Å²) >= 11 is 0. The van der Waals surface area contributed by atoms with Crippen molar-refractivity contribution in [2.75, 3.05) is 0 Å². The molecule has 1 aliphatic heterocycles. The summed E-state index contributed by atoms with van der Waals surface area (Å²) in [5.74, 6) is 0.227. The number of urea groups is 1. The number of carbonyl (C=O) groups excluding carboxylic acids is 2. The zero-order valence-corrected chi connectivity index (χ0v) is 9.14. The molecule has 1 atom stereocenters. The summed E-state index contributed by atoms with van der Waals surface area (Å²) in [7, 11) is 0. The number of hydrogen-bond acceptors (Lipinski definition) is 2. The van der Waals surface area contributed by atoms with Crippen molar-refractivity contribution < 1.29 is 9.59 Å². The molecule has 1 saturated carbocycles. The molecule has 1 aliphatic carbocycles. The third kappa shape index (κ3) is 1.62. The SMILES string of the molecule is CCC[C@]1(C2CCCC2)NC(=O)NC1=O. The number of nitrogens with one attached hydrogen (secondary N) is 2. The van der Waals surface area contributed by atoms with Crippen LogP contribution in [0.3, 0.4) is 0 Å². The van der Waals surface area contributed by atoms with E-state index in [9.17, 15) is 9.59 Å². The number of hydrogen-bond donors (Lipinski definition) is 2. The lowest BCUT2D eigenvalue weighted by Crippen LogP contribution is -2.52. The molecule has 2 N–H and O–H groups in total. The van der Waals surface area contributed by atoms with Gasteiger partial charge < -0.3 is 5.32 Å². The van der Waals surface area contributed by atoms with Crippen LogP contribution >= 0.6 is 0 Å². The Labute approximate surface area is 89.8 Å². The average Bonchev–Trinajstić information content (AvgIpc) is 2.76. The van der Waals surface area contributed by atoms with E-state index in [0.29, 0.717) is 5.92 Å². The first-order valence-electron chi connectivity index (χ1n) is 5.82. The quantitative estimate of drug-likeness (QED) is 0.694. The van der Waals surface area contributed by atoms with Crippen LogP contribution in [0.5, 0.6) is 0 Å². The van der Waals surface area contributed by atoms with Crippen LogP contribution in [0.15, 0.2) is 0 Å². The van der Waals surface area contributed by atoms with Crippen LogP contribution in [0.25, 0.3) is 0 Å². The van der Waals surface area contributed by atoms with Crippen LogP contribution in [-0.4, -0.2) is 17.5 Å². The first kappa shape index (κ1) is 10.5. The summed E-state index contributed by atoms with van der Waals surface area (Å²) in [6.07, 6.45) is 6.17. The van der Waals surface area contributed by atoms with Crippen molar-refractivity contribution in [3.63, 3.8) is 0 Å². The minimum atomic E-state index is -0.595. The van der Waals surface area contributed by atoms with Gasteiger partial charge in [-0.3, -0.25) is 10.1 Å². The molecule has 4 nitrogen and oxygen atoms in total. The Morgan fingerprint density at radius 2 is 2.00 bits per heavy atom. The highest BCUT2D eigenvalue weighted by atomic mass is 16.2. The van der Waals surface area contributed by atoms with Gasteiger partial charge in [0.25, 0.3) is 5.91 Å². The maximum atomic E-state index is 11.9. The first-order valence-corrected chi connectivity index (χ1v) is 5.82. The normalized spacial score (nSPS) is 31.8. The minimum absolute atomic E-state index is 0.110. The van der Waals surface area contributed by atoms with Gasteiger partial charge in [-0.15, -0.1) is 0 Å². The summed E-state index contributed by atoms with van der Waals surface area (Å²) in [4.78, 5) is 23.1. The standard InChI is InChI=1S/C11H18N2O2/c1-2-7-11(8-5-3-4-6-8)9(14)12-10(15)13-11/h8H,2-7H2,1H3,(H2,12,13,14,15)/t11-/m1/s1. The summed E-state index contributed by atoms with van der Waals surface area (Å²) in [6, 6.07) is -0.319. The zero-order chi connectivity index (χ0) is 10.9. The second-order valence-corrected chi connectivity index (χ2v) is 4.61. The molecule has 0 unspecified atom stereocenters. The molecule has 1 saturated heterocycles. The average molecular weight is 210 g/mol. The lowest BCUT2D eigenvalue weighted by molar-refractivity contribution is -0.126. The van der Waals surface area contributed by atoms with Gasteiger partial charge in [0.1, 0.15) is 5.54 Å². The monoisotopic (exact) mass is 210 g/mol. The molecule has 2 rings (SSSR count). The zero-order valence-electron chi connectivity index (χ0n) is 9.14. The smallest absolute Gasteiger partial charge is 0.322 e. The Balaban J connectivity index is 2.22. The van der Waals surface area contributed by atoms with Crippen molar-refractivity contribution in [2.24, 2.45) is 5.92 Å². The largest absolute Gasteiger partial charge is 0.323 e. The second kappa shape index (κ2) is 3.83. The second-order valence-electron chi connectivity index (χ2n) is 4.61. The molecule has 15 heavy (non-hydrogen) atoms. The molecule has 3 amide bonds. The lowest BCUT2D eigenvalue weighted by atomic mass is 9.79. The van der Waals surface area contributed by atoms with Gasteiger partial charge in [0.2, 0.25) is 0 Å². The highest BCUT2D eigenvalue weighted by molar-refractivity contribution is 6.07. The van der Waals surface area contributed by atoms with Gasteiger partial charge >= 0.3 is 6.03 Å². The maximum Gasteiger partial charge on any atom is 0.322 e. The molecule has 0 aromatic carbocycles. The van der Waals surface area contributed by atoms with Crippen LogP contribution in [0, 0.1) is 5.92 Å². The van der Waals surface area contributed by atoms with E-state index in [-0.39, 0.29) is 11.9 Å². The molecule has 0 aromatic heterocycles. The van der Waals surface area contributed by atoms with Gasteiger partial charge in [-0.2, -0.15) is 0 Å². The predicted molar refractivity (Wildman–Crippen MR) is 56.3 cm³/mol. The summed E-state index contributed by atoms with van der Waals surface area (Å²) in [5, 5.41) is 5.24. The fraction of sp³-hybridized carbons (Fsp3) is 0.818. The van der Waals surface area contributed by atoms with Crippen molar-refractivity contribution in [3.05, 3.63) is 0 Å². The van der Waals surface area contributed by atoms with E-state index in [1.807, 2.05) is 0 Å². The third-order valence-electron chi connectivity index (χ3n) is 3.67. The number of rotatable bonds is 3. The van der Waals surface area contributed by atoms with E-state index in [1.54, 1.807) is 0 Å². The summed E-state index contributed by atoms with van der Waals surface area (Å²) < 4.78 is 0. The van der Waals surface area contributed by atoms with E-state index in [4.69, 9.17) is 0 Å². The molecule has 1 heterocycles. The minimum Gasteiger partial charge on any atom is -0.323 e. The predicted octanol–water partition coefficient (Wildman–Crippen LogP) is 1.55. The third-order valence-corrected chi connectivity index (χ3v) is 3.67. The lowest BCUT2D eigenvalue weighted by Gasteiger charge is -2.31. The molecule has 2 aliphatic rings. The first-order chi connectivity index (χ1) is 7.19. The Bertz CT molecular complexity index is 284. The van der Waals surface area contributed by atoms with Gasteiger partial charge in [0.15, 0.2) is 0 Å². The van der Waals surface area contributed by atoms with Gasteiger partial charge in [0, 0.05) is 0 Å². The van der Waals surface area contributed by atoms with Gasteiger partial charge in [-0.1, -0.05) is 26.2 Å². The van der Waals surface area contributed by atoms with Crippen molar-refractivity contribution in [1.29, 1.82) is 0 Å². The van der Waals surface area contributed by atoms with Crippen LogP contribution in [0.1, 0.15) is 45.4 Å². The fourth-order valence-corrected chi connectivity index (χ4v) is 2.99.